The van der Waals surface area contributed by atoms with E-state index >= 15 is 0 Å². The van der Waals surface area contributed by atoms with Crippen molar-refractivity contribution < 1.29 is 4.74 Å². The van der Waals surface area contributed by atoms with Gasteiger partial charge >= 0.3 is 0 Å². The maximum atomic E-state index is 5.71. The number of pyridine rings is 1. The molecule has 0 aromatic carbocycles. The van der Waals surface area contributed by atoms with Crippen LogP contribution in [0.1, 0.15) is 19.4 Å². The van der Waals surface area contributed by atoms with Gasteiger partial charge in [-0.15, -0.1) is 0 Å². The number of thiophene rings is 1. The Bertz CT molecular complexity index is 468. The first kappa shape index (κ1) is 12.9. The minimum absolute atomic E-state index is 0.159. The maximum absolute atomic E-state index is 5.71. The summed E-state index contributed by atoms with van der Waals surface area (Å²) < 4.78 is 5.71. The normalized spacial score (nSPS) is 10.6. The zero-order chi connectivity index (χ0) is 12.8. The predicted octanol–water partition coefficient (Wildman–Crippen LogP) is 3.58. The molecule has 0 saturated carbocycles. The molecule has 1 N–H and O–H groups in total. The van der Waals surface area contributed by atoms with Gasteiger partial charge in [0.25, 0.3) is 0 Å². The van der Waals surface area contributed by atoms with Crippen molar-refractivity contribution in [2.75, 3.05) is 11.9 Å². The van der Waals surface area contributed by atoms with E-state index in [1.807, 2.05) is 26.0 Å². The lowest BCUT2D eigenvalue weighted by atomic mass is 10.2. The van der Waals surface area contributed by atoms with Crippen molar-refractivity contribution in [1.29, 1.82) is 0 Å². The summed E-state index contributed by atoms with van der Waals surface area (Å²) in [5, 5.41) is 7.60. The smallest absolute Gasteiger partial charge is 0.168 e. The van der Waals surface area contributed by atoms with E-state index in [4.69, 9.17) is 4.74 Å². The summed E-state index contributed by atoms with van der Waals surface area (Å²) in [5.74, 6) is 1.64. The van der Waals surface area contributed by atoms with E-state index < -0.39 is 0 Å². The van der Waals surface area contributed by atoms with Crippen LogP contribution >= 0.6 is 11.3 Å². The molecule has 0 unspecified atom stereocenters. The summed E-state index contributed by atoms with van der Waals surface area (Å²) in [6.07, 6.45) is 2.94. The maximum Gasteiger partial charge on any atom is 0.168 e. The van der Waals surface area contributed by atoms with Crippen LogP contribution in [0.4, 0.5) is 5.82 Å². The molecule has 0 saturated heterocycles. The van der Waals surface area contributed by atoms with Gasteiger partial charge in [-0.05, 0) is 54.8 Å². The standard InChI is InChI=1S/C14H18N2OS/c1-11(2)17-13-4-3-7-15-14(13)16-8-5-12-6-9-18-10-12/h3-4,6-7,9-11H,5,8H2,1-2H3,(H,15,16). The van der Waals surface area contributed by atoms with E-state index in [1.54, 1.807) is 17.5 Å². The largest absolute Gasteiger partial charge is 0.487 e. The summed E-state index contributed by atoms with van der Waals surface area (Å²) in [7, 11) is 0. The Morgan fingerprint density at radius 2 is 2.28 bits per heavy atom. The molecule has 2 aromatic heterocycles. The summed E-state index contributed by atoms with van der Waals surface area (Å²) in [5.41, 5.74) is 1.36. The Balaban J connectivity index is 1.92. The average molecular weight is 262 g/mol. The van der Waals surface area contributed by atoms with Crippen LogP contribution in [0.3, 0.4) is 0 Å². The molecule has 0 aliphatic carbocycles. The summed E-state index contributed by atoms with van der Waals surface area (Å²) in [4.78, 5) is 4.32. The van der Waals surface area contributed by atoms with Crippen molar-refractivity contribution >= 4 is 17.2 Å². The van der Waals surface area contributed by atoms with Crippen LogP contribution in [0, 0.1) is 0 Å². The molecule has 2 heterocycles. The molecule has 18 heavy (non-hydrogen) atoms. The predicted molar refractivity (Wildman–Crippen MR) is 76.5 cm³/mol. The number of hydrogen-bond donors (Lipinski definition) is 1. The van der Waals surface area contributed by atoms with Crippen LogP contribution in [-0.2, 0) is 6.42 Å². The minimum Gasteiger partial charge on any atom is -0.487 e. The van der Waals surface area contributed by atoms with Crippen LogP contribution in [0.5, 0.6) is 5.75 Å². The van der Waals surface area contributed by atoms with E-state index in [2.05, 4.69) is 27.1 Å². The highest BCUT2D eigenvalue weighted by molar-refractivity contribution is 7.07. The van der Waals surface area contributed by atoms with Gasteiger partial charge in [0.15, 0.2) is 11.6 Å². The number of nitrogens with one attached hydrogen (secondary N) is 1. The van der Waals surface area contributed by atoms with Crippen LogP contribution in [0.2, 0.25) is 0 Å². The Hall–Kier alpha value is -1.55. The Morgan fingerprint density at radius 1 is 1.39 bits per heavy atom. The highest BCUT2D eigenvalue weighted by Crippen LogP contribution is 2.22. The molecule has 96 valence electrons. The molecule has 0 amide bonds. The molecule has 0 bridgehead atoms. The number of nitrogens with zero attached hydrogens (tertiary/aromatic N) is 1. The van der Waals surface area contributed by atoms with Crippen molar-refractivity contribution in [1.82, 2.24) is 4.98 Å². The van der Waals surface area contributed by atoms with Crippen LogP contribution < -0.4 is 10.1 Å². The Kier molecular flexibility index (Phi) is 4.59. The number of aromatic nitrogens is 1. The van der Waals surface area contributed by atoms with E-state index in [-0.39, 0.29) is 6.10 Å². The second-order valence-corrected chi connectivity index (χ2v) is 5.11. The van der Waals surface area contributed by atoms with E-state index in [9.17, 15) is 0 Å². The van der Waals surface area contributed by atoms with Crippen molar-refractivity contribution in [3.8, 4) is 5.75 Å². The topological polar surface area (TPSA) is 34.1 Å². The van der Waals surface area contributed by atoms with Gasteiger partial charge in [-0.3, -0.25) is 0 Å². The SMILES string of the molecule is CC(C)Oc1cccnc1NCCc1ccsc1. The first-order chi connectivity index (χ1) is 8.75. The Morgan fingerprint density at radius 3 is 3.00 bits per heavy atom. The molecule has 0 fully saturated rings. The number of rotatable bonds is 6. The van der Waals surface area contributed by atoms with E-state index in [0.717, 1.165) is 24.5 Å². The molecule has 0 aliphatic heterocycles. The van der Waals surface area contributed by atoms with Crippen LogP contribution in [0.15, 0.2) is 35.2 Å². The Labute approximate surface area is 112 Å². The highest BCUT2D eigenvalue weighted by Gasteiger charge is 2.05. The van der Waals surface area contributed by atoms with Gasteiger partial charge in [0.1, 0.15) is 0 Å². The van der Waals surface area contributed by atoms with Gasteiger partial charge < -0.3 is 10.1 Å². The molecular weight excluding hydrogens is 244 g/mol. The third kappa shape index (κ3) is 3.74. The van der Waals surface area contributed by atoms with Crippen molar-refractivity contribution in [3.63, 3.8) is 0 Å². The molecule has 0 atom stereocenters. The fourth-order valence-electron chi connectivity index (χ4n) is 1.63. The van der Waals surface area contributed by atoms with Crippen molar-refractivity contribution in [2.45, 2.75) is 26.4 Å². The fourth-order valence-corrected chi connectivity index (χ4v) is 2.34. The van der Waals surface area contributed by atoms with Crippen LogP contribution in [0.25, 0.3) is 0 Å². The summed E-state index contributed by atoms with van der Waals surface area (Å²) in [6.45, 7) is 4.90. The van der Waals surface area contributed by atoms with Gasteiger partial charge in [-0.25, -0.2) is 4.98 Å². The third-order valence-corrected chi connectivity index (χ3v) is 3.15. The van der Waals surface area contributed by atoms with Gasteiger partial charge in [0.2, 0.25) is 0 Å². The average Bonchev–Trinajstić information content (AvgIpc) is 2.84. The first-order valence-electron chi connectivity index (χ1n) is 6.12. The molecule has 0 aliphatic rings. The highest BCUT2D eigenvalue weighted by atomic mass is 32.1. The first-order valence-corrected chi connectivity index (χ1v) is 7.06. The quantitative estimate of drug-likeness (QED) is 0.864. The molecule has 2 aromatic rings. The molecule has 3 nitrogen and oxygen atoms in total. The summed E-state index contributed by atoms with van der Waals surface area (Å²) in [6, 6.07) is 5.98. The molecule has 0 spiro atoms. The second-order valence-electron chi connectivity index (χ2n) is 4.33. The zero-order valence-electron chi connectivity index (χ0n) is 10.7. The second kappa shape index (κ2) is 6.40. The van der Waals surface area contributed by atoms with Gasteiger partial charge in [-0.1, -0.05) is 0 Å². The molecular formula is C14H18N2OS. The molecule has 2 rings (SSSR count). The van der Waals surface area contributed by atoms with E-state index in [0.29, 0.717) is 0 Å². The number of hydrogen-bond acceptors (Lipinski definition) is 4. The van der Waals surface area contributed by atoms with Gasteiger partial charge in [0.05, 0.1) is 6.10 Å². The number of ether oxygens (including phenoxy) is 1. The monoisotopic (exact) mass is 262 g/mol. The lowest BCUT2D eigenvalue weighted by Crippen LogP contribution is -2.11. The van der Waals surface area contributed by atoms with Crippen molar-refractivity contribution in [2.24, 2.45) is 0 Å². The lowest BCUT2D eigenvalue weighted by molar-refractivity contribution is 0.243. The zero-order valence-corrected chi connectivity index (χ0v) is 11.5. The van der Waals surface area contributed by atoms with Crippen molar-refractivity contribution in [3.05, 3.63) is 40.7 Å². The van der Waals surface area contributed by atoms with Gasteiger partial charge in [-0.2, -0.15) is 11.3 Å². The summed E-state index contributed by atoms with van der Waals surface area (Å²) >= 11 is 1.73. The number of anilines is 1. The van der Waals surface area contributed by atoms with E-state index in [1.165, 1.54) is 5.56 Å². The lowest BCUT2D eigenvalue weighted by Gasteiger charge is -2.14. The molecule has 4 heteroatoms. The minimum atomic E-state index is 0.159. The van der Waals surface area contributed by atoms with Crippen LogP contribution in [-0.4, -0.2) is 17.6 Å². The van der Waals surface area contributed by atoms with Gasteiger partial charge in [0, 0.05) is 12.7 Å². The fraction of sp³-hybridized carbons (Fsp3) is 0.357. The third-order valence-electron chi connectivity index (χ3n) is 2.42. The molecule has 0 radical (unpaired) electrons.